The molecule has 1 fully saturated rings. The molecular formula is C14H29NOS. The Balaban J connectivity index is 2.27. The third-order valence-corrected chi connectivity index (χ3v) is 5.41. The van der Waals surface area contributed by atoms with Gasteiger partial charge in [0, 0.05) is 28.3 Å². The van der Waals surface area contributed by atoms with Crippen molar-refractivity contribution in [1.82, 2.24) is 5.32 Å². The predicted molar refractivity (Wildman–Crippen MR) is 76.8 cm³/mol. The summed E-state index contributed by atoms with van der Waals surface area (Å²) in [6.45, 7) is 2.20. The fourth-order valence-corrected chi connectivity index (χ4v) is 4.32. The Morgan fingerprint density at radius 2 is 1.94 bits per heavy atom. The van der Waals surface area contributed by atoms with E-state index in [0.29, 0.717) is 6.04 Å². The third kappa shape index (κ3) is 6.01. The molecule has 1 rings (SSSR count). The second kappa shape index (κ2) is 9.09. The topological polar surface area (TPSA) is 29.1 Å². The van der Waals surface area contributed by atoms with Gasteiger partial charge in [-0.25, -0.2) is 0 Å². The number of nitrogens with one attached hydrogen (secondary N) is 1. The molecule has 0 aromatic carbocycles. The van der Waals surface area contributed by atoms with Crippen LogP contribution in [-0.2, 0) is 10.8 Å². The quantitative estimate of drug-likeness (QED) is 0.679. The van der Waals surface area contributed by atoms with Crippen LogP contribution in [0.5, 0.6) is 0 Å². The summed E-state index contributed by atoms with van der Waals surface area (Å²) in [5.74, 6) is 2.53. The maximum absolute atomic E-state index is 12.0. The highest BCUT2D eigenvalue weighted by molar-refractivity contribution is 7.85. The van der Waals surface area contributed by atoms with Gasteiger partial charge in [-0.05, 0) is 32.2 Å². The molecular weight excluding hydrogens is 230 g/mol. The van der Waals surface area contributed by atoms with Crippen molar-refractivity contribution in [2.45, 2.75) is 64.3 Å². The van der Waals surface area contributed by atoms with Crippen molar-refractivity contribution in [1.29, 1.82) is 0 Å². The minimum atomic E-state index is -0.616. The van der Waals surface area contributed by atoms with Crippen molar-refractivity contribution in [2.75, 3.05) is 18.6 Å². The summed E-state index contributed by atoms with van der Waals surface area (Å²) >= 11 is 0. The van der Waals surface area contributed by atoms with Crippen LogP contribution in [0.4, 0.5) is 0 Å². The van der Waals surface area contributed by atoms with Crippen LogP contribution in [-0.4, -0.2) is 28.8 Å². The highest BCUT2D eigenvalue weighted by atomic mass is 32.2. The van der Waals surface area contributed by atoms with Crippen LogP contribution >= 0.6 is 0 Å². The minimum Gasteiger partial charge on any atom is -0.316 e. The van der Waals surface area contributed by atoms with Crippen molar-refractivity contribution >= 4 is 10.8 Å². The van der Waals surface area contributed by atoms with E-state index in [9.17, 15) is 4.21 Å². The summed E-state index contributed by atoms with van der Waals surface area (Å²) < 4.78 is 12.0. The van der Waals surface area contributed by atoms with Gasteiger partial charge >= 0.3 is 0 Å². The van der Waals surface area contributed by atoms with Gasteiger partial charge in [0.15, 0.2) is 0 Å². The minimum absolute atomic E-state index is 0.484. The standard InChI is InChI=1S/C14H29NOS/c1-3-4-8-11-17(16)12-14(15-2)13-9-6-5-7-10-13/h13-15H,3-12H2,1-2H3. The van der Waals surface area contributed by atoms with Crippen molar-refractivity contribution in [3.63, 3.8) is 0 Å². The molecule has 17 heavy (non-hydrogen) atoms. The lowest BCUT2D eigenvalue weighted by atomic mass is 9.84. The lowest BCUT2D eigenvalue weighted by Gasteiger charge is -2.29. The first kappa shape index (κ1) is 15.2. The molecule has 3 heteroatoms. The summed E-state index contributed by atoms with van der Waals surface area (Å²) in [6.07, 6.45) is 10.4. The normalized spacial score (nSPS) is 21.3. The zero-order valence-electron chi connectivity index (χ0n) is 11.5. The zero-order chi connectivity index (χ0) is 12.5. The van der Waals surface area contributed by atoms with Gasteiger partial charge in [-0.3, -0.25) is 4.21 Å². The fraction of sp³-hybridized carbons (Fsp3) is 1.00. The fourth-order valence-electron chi connectivity index (χ4n) is 2.79. The first-order valence-electron chi connectivity index (χ1n) is 7.30. The maximum atomic E-state index is 12.0. The van der Waals surface area contributed by atoms with E-state index in [1.165, 1.54) is 44.9 Å². The van der Waals surface area contributed by atoms with E-state index >= 15 is 0 Å². The molecule has 2 nitrogen and oxygen atoms in total. The summed E-state index contributed by atoms with van der Waals surface area (Å²) in [6, 6.07) is 0.484. The highest BCUT2D eigenvalue weighted by Crippen LogP contribution is 2.26. The van der Waals surface area contributed by atoms with E-state index < -0.39 is 10.8 Å². The van der Waals surface area contributed by atoms with Gasteiger partial charge in [-0.15, -0.1) is 0 Å². The van der Waals surface area contributed by atoms with Crippen LogP contribution in [0, 0.1) is 5.92 Å². The Labute approximate surface area is 109 Å². The molecule has 0 spiro atoms. The predicted octanol–water partition coefficient (Wildman–Crippen LogP) is 3.09. The van der Waals surface area contributed by atoms with Gasteiger partial charge in [0.25, 0.3) is 0 Å². The van der Waals surface area contributed by atoms with Gasteiger partial charge in [0.05, 0.1) is 0 Å². The molecule has 102 valence electrons. The van der Waals surface area contributed by atoms with Crippen molar-refractivity contribution in [2.24, 2.45) is 5.92 Å². The van der Waals surface area contributed by atoms with Gasteiger partial charge in [0.2, 0.25) is 0 Å². The summed E-state index contributed by atoms with van der Waals surface area (Å²) in [4.78, 5) is 0. The Bertz CT molecular complexity index is 214. The molecule has 2 unspecified atom stereocenters. The number of unbranched alkanes of at least 4 members (excludes halogenated alkanes) is 2. The molecule has 1 aliphatic carbocycles. The van der Waals surface area contributed by atoms with Crippen LogP contribution in [0.2, 0.25) is 0 Å². The number of hydrogen-bond donors (Lipinski definition) is 1. The SMILES string of the molecule is CCCCCS(=O)CC(NC)C1CCCCC1. The van der Waals surface area contributed by atoms with E-state index in [1.54, 1.807) is 0 Å². The highest BCUT2D eigenvalue weighted by Gasteiger charge is 2.23. The summed E-state index contributed by atoms with van der Waals surface area (Å²) in [5.41, 5.74) is 0. The van der Waals surface area contributed by atoms with Crippen molar-refractivity contribution in [3.8, 4) is 0 Å². The molecule has 0 saturated heterocycles. The van der Waals surface area contributed by atoms with Crippen LogP contribution in [0.3, 0.4) is 0 Å². The maximum Gasteiger partial charge on any atom is 0.0391 e. The van der Waals surface area contributed by atoms with Crippen molar-refractivity contribution < 1.29 is 4.21 Å². The summed E-state index contributed by atoms with van der Waals surface area (Å²) in [5, 5.41) is 3.40. The molecule has 0 heterocycles. The zero-order valence-corrected chi connectivity index (χ0v) is 12.4. The first-order valence-corrected chi connectivity index (χ1v) is 8.79. The first-order chi connectivity index (χ1) is 8.27. The summed E-state index contributed by atoms with van der Waals surface area (Å²) in [7, 11) is 1.41. The van der Waals surface area contributed by atoms with Crippen LogP contribution in [0.25, 0.3) is 0 Å². The average molecular weight is 259 g/mol. The number of hydrogen-bond acceptors (Lipinski definition) is 2. The largest absolute Gasteiger partial charge is 0.316 e. The molecule has 0 aromatic rings. The second-order valence-electron chi connectivity index (χ2n) is 5.31. The second-order valence-corrected chi connectivity index (χ2v) is 6.93. The smallest absolute Gasteiger partial charge is 0.0391 e. The Hall–Kier alpha value is 0.110. The lowest BCUT2D eigenvalue weighted by molar-refractivity contribution is 0.294. The molecule has 0 aromatic heterocycles. The average Bonchev–Trinajstić information content (AvgIpc) is 2.37. The van der Waals surface area contributed by atoms with Gasteiger partial charge < -0.3 is 5.32 Å². The van der Waals surface area contributed by atoms with Gasteiger partial charge in [-0.2, -0.15) is 0 Å². The Morgan fingerprint density at radius 3 is 2.53 bits per heavy atom. The van der Waals surface area contributed by atoms with Crippen LogP contribution < -0.4 is 5.32 Å². The van der Waals surface area contributed by atoms with Gasteiger partial charge in [-0.1, -0.05) is 39.0 Å². The third-order valence-electron chi connectivity index (χ3n) is 3.93. The van der Waals surface area contributed by atoms with E-state index in [0.717, 1.165) is 23.8 Å². The molecule has 0 aliphatic heterocycles. The monoisotopic (exact) mass is 259 g/mol. The Morgan fingerprint density at radius 1 is 1.24 bits per heavy atom. The molecule has 0 amide bonds. The van der Waals surface area contributed by atoms with E-state index in [2.05, 4.69) is 12.2 Å². The molecule has 0 bridgehead atoms. The van der Waals surface area contributed by atoms with Crippen molar-refractivity contribution in [3.05, 3.63) is 0 Å². The molecule has 1 aliphatic rings. The van der Waals surface area contributed by atoms with Gasteiger partial charge in [0.1, 0.15) is 0 Å². The molecule has 0 radical (unpaired) electrons. The Kier molecular flexibility index (Phi) is 8.12. The molecule has 1 N–H and O–H groups in total. The van der Waals surface area contributed by atoms with E-state index in [-0.39, 0.29) is 0 Å². The molecule has 2 atom stereocenters. The lowest BCUT2D eigenvalue weighted by Crippen LogP contribution is -2.39. The van der Waals surface area contributed by atoms with E-state index in [4.69, 9.17) is 0 Å². The van der Waals surface area contributed by atoms with Crippen LogP contribution in [0.15, 0.2) is 0 Å². The van der Waals surface area contributed by atoms with E-state index in [1.807, 2.05) is 7.05 Å². The molecule has 1 saturated carbocycles. The van der Waals surface area contributed by atoms with Crippen LogP contribution in [0.1, 0.15) is 58.3 Å². The number of rotatable bonds is 8.